The lowest BCUT2D eigenvalue weighted by Crippen LogP contribution is -2.36. The van der Waals surface area contributed by atoms with Crippen LogP contribution >= 0.6 is 11.8 Å². The predicted octanol–water partition coefficient (Wildman–Crippen LogP) is 0.290. The molecule has 0 aliphatic rings. The molecule has 2 N–H and O–H groups in total. The first-order valence-electron chi connectivity index (χ1n) is 4.00. The van der Waals surface area contributed by atoms with Crippen LogP contribution < -0.4 is 5.69 Å². The summed E-state index contributed by atoms with van der Waals surface area (Å²) in [5, 5.41) is 9.82. The molecular weight excluding hydrogens is 188 g/mol. The van der Waals surface area contributed by atoms with E-state index in [1.54, 1.807) is 31.1 Å². The second-order valence-electron chi connectivity index (χ2n) is 3.32. The Balaban J connectivity index is 2.68. The molecule has 1 rings (SSSR count). The second kappa shape index (κ2) is 4.02. The lowest BCUT2D eigenvalue weighted by molar-refractivity contribution is 0.0656. The number of aliphatic hydroxyl groups is 1. The van der Waals surface area contributed by atoms with Crippen LogP contribution in [-0.2, 0) is 6.54 Å². The van der Waals surface area contributed by atoms with E-state index in [4.69, 9.17) is 0 Å². The molecule has 0 saturated heterocycles. The number of H-pyrrole nitrogens is 1. The van der Waals surface area contributed by atoms with Crippen LogP contribution in [0.1, 0.15) is 6.92 Å². The van der Waals surface area contributed by atoms with Crippen molar-refractivity contribution in [1.82, 2.24) is 9.55 Å². The summed E-state index contributed by atoms with van der Waals surface area (Å²) in [6.45, 7) is 2.05. The van der Waals surface area contributed by atoms with Gasteiger partial charge >= 0.3 is 5.69 Å². The number of nitrogens with one attached hydrogen (secondary N) is 1. The summed E-state index contributed by atoms with van der Waals surface area (Å²) in [6.07, 6.45) is 5.13. The monoisotopic (exact) mass is 202 g/mol. The fourth-order valence-corrected chi connectivity index (χ4v) is 1.91. The van der Waals surface area contributed by atoms with Gasteiger partial charge in [-0.25, -0.2) is 4.79 Å². The van der Waals surface area contributed by atoms with Crippen LogP contribution in [0.2, 0.25) is 0 Å². The van der Waals surface area contributed by atoms with Crippen LogP contribution in [0.5, 0.6) is 0 Å². The Labute approximate surface area is 81.0 Å². The van der Waals surface area contributed by atoms with Gasteiger partial charge in [0, 0.05) is 18.1 Å². The largest absolute Gasteiger partial charge is 0.387 e. The maximum absolute atomic E-state index is 11.1. The van der Waals surface area contributed by atoms with E-state index in [9.17, 15) is 9.90 Å². The summed E-state index contributed by atoms with van der Waals surface area (Å²) in [5.41, 5.74) is -1.01. The molecule has 4 nitrogen and oxygen atoms in total. The molecule has 0 bridgehead atoms. The molecule has 1 atom stereocenters. The second-order valence-corrected chi connectivity index (χ2v) is 4.19. The first kappa shape index (κ1) is 10.4. The highest BCUT2D eigenvalue weighted by Crippen LogP contribution is 2.11. The van der Waals surface area contributed by atoms with E-state index in [2.05, 4.69) is 4.98 Å². The number of thioether (sulfide) groups is 1. The maximum atomic E-state index is 11.1. The average Bonchev–Trinajstić information content (AvgIpc) is 2.35. The Morgan fingerprint density at radius 2 is 2.46 bits per heavy atom. The highest BCUT2D eigenvalue weighted by Gasteiger charge is 2.20. The van der Waals surface area contributed by atoms with E-state index >= 15 is 0 Å². The molecule has 13 heavy (non-hydrogen) atoms. The third kappa shape index (κ3) is 2.93. The zero-order valence-corrected chi connectivity index (χ0v) is 8.60. The van der Waals surface area contributed by atoms with Crippen LogP contribution in [0, 0.1) is 0 Å². The number of aromatic amines is 1. The van der Waals surface area contributed by atoms with Crippen molar-refractivity contribution in [3.05, 3.63) is 22.9 Å². The van der Waals surface area contributed by atoms with Gasteiger partial charge in [-0.15, -0.1) is 0 Å². The van der Waals surface area contributed by atoms with Crippen molar-refractivity contribution in [1.29, 1.82) is 0 Å². The van der Waals surface area contributed by atoms with Gasteiger partial charge in [0.2, 0.25) is 0 Å². The van der Waals surface area contributed by atoms with Crippen LogP contribution in [-0.4, -0.2) is 32.3 Å². The predicted molar refractivity (Wildman–Crippen MR) is 54.1 cm³/mol. The first-order chi connectivity index (χ1) is 6.05. The van der Waals surface area contributed by atoms with Gasteiger partial charge in [-0.05, 0) is 13.2 Å². The number of imidazole rings is 1. The van der Waals surface area contributed by atoms with E-state index < -0.39 is 5.60 Å². The normalized spacial score (nSPS) is 15.6. The van der Waals surface area contributed by atoms with Gasteiger partial charge in [-0.3, -0.25) is 4.57 Å². The van der Waals surface area contributed by atoms with Gasteiger partial charge in [0.15, 0.2) is 0 Å². The minimum Gasteiger partial charge on any atom is -0.387 e. The summed E-state index contributed by atoms with van der Waals surface area (Å²) >= 11 is 1.56. The van der Waals surface area contributed by atoms with Crippen molar-refractivity contribution in [2.24, 2.45) is 0 Å². The summed E-state index contributed by atoms with van der Waals surface area (Å²) in [6, 6.07) is 0. The molecule has 0 amide bonds. The maximum Gasteiger partial charge on any atom is 0.325 e. The van der Waals surface area contributed by atoms with Gasteiger partial charge in [0.05, 0.1) is 12.1 Å². The van der Waals surface area contributed by atoms with Crippen LogP contribution in [0.15, 0.2) is 17.2 Å². The summed E-state index contributed by atoms with van der Waals surface area (Å²) < 4.78 is 1.47. The Morgan fingerprint density at radius 3 is 2.92 bits per heavy atom. The van der Waals surface area contributed by atoms with E-state index in [0.29, 0.717) is 12.3 Å². The number of hydrogen-bond acceptors (Lipinski definition) is 3. The van der Waals surface area contributed by atoms with Crippen molar-refractivity contribution < 1.29 is 5.11 Å². The van der Waals surface area contributed by atoms with Gasteiger partial charge < -0.3 is 10.1 Å². The summed E-state index contributed by atoms with van der Waals surface area (Å²) in [4.78, 5) is 13.6. The minimum atomic E-state index is -0.828. The molecular formula is C8H14N2O2S. The number of nitrogens with zero attached hydrogens (tertiary/aromatic N) is 1. The standard InChI is InChI=1S/C8H14N2O2S/c1-8(12,6-13-2)5-10-4-3-9-7(10)11/h3-4,12H,5-6H2,1-2H3,(H,9,11). The van der Waals surface area contributed by atoms with Crippen LogP contribution in [0.3, 0.4) is 0 Å². The Bertz CT molecular complexity index is 316. The minimum absolute atomic E-state index is 0.179. The van der Waals surface area contributed by atoms with Crippen molar-refractivity contribution in [2.45, 2.75) is 19.1 Å². The van der Waals surface area contributed by atoms with Crippen molar-refractivity contribution in [2.75, 3.05) is 12.0 Å². The van der Waals surface area contributed by atoms with Gasteiger partial charge in [0.1, 0.15) is 0 Å². The van der Waals surface area contributed by atoms with Gasteiger partial charge in [-0.2, -0.15) is 11.8 Å². The molecule has 1 heterocycles. The smallest absolute Gasteiger partial charge is 0.325 e. The van der Waals surface area contributed by atoms with Gasteiger partial charge in [0.25, 0.3) is 0 Å². The van der Waals surface area contributed by atoms with Crippen molar-refractivity contribution in [3.8, 4) is 0 Å². The number of hydrogen-bond donors (Lipinski definition) is 2. The van der Waals surface area contributed by atoms with E-state index in [-0.39, 0.29) is 5.69 Å². The molecule has 0 aliphatic heterocycles. The van der Waals surface area contributed by atoms with Crippen molar-refractivity contribution >= 4 is 11.8 Å². The molecule has 0 spiro atoms. The average molecular weight is 202 g/mol. The Kier molecular flexibility index (Phi) is 3.22. The lowest BCUT2D eigenvalue weighted by atomic mass is 10.1. The zero-order valence-electron chi connectivity index (χ0n) is 7.78. The number of aromatic nitrogens is 2. The molecule has 1 unspecified atom stereocenters. The van der Waals surface area contributed by atoms with Crippen LogP contribution in [0.25, 0.3) is 0 Å². The molecule has 1 aromatic heterocycles. The van der Waals surface area contributed by atoms with E-state index in [1.807, 2.05) is 6.26 Å². The molecule has 0 fully saturated rings. The van der Waals surface area contributed by atoms with Crippen molar-refractivity contribution in [3.63, 3.8) is 0 Å². The first-order valence-corrected chi connectivity index (χ1v) is 5.40. The third-order valence-electron chi connectivity index (χ3n) is 1.69. The third-order valence-corrected chi connectivity index (χ3v) is 2.60. The fraction of sp³-hybridized carbons (Fsp3) is 0.625. The molecule has 0 aliphatic carbocycles. The lowest BCUT2D eigenvalue weighted by Gasteiger charge is -2.21. The molecule has 0 saturated carbocycles. The number of rotatable bonds is 4. The molecule has 74 valence electrons. The van der Waals surface area contributed by atoms with Gasteiger partial charge in [-0.1, -0.05) is 0 Å². The van der Waals surface area contributed by atoms with Crippen LogP contribution in [0.4, 0.5) is 0 Å². The SMILES string of the molecule is CSCC(C)(O)Cn1cc[nH]c1=O. The molecule has 0 radical (unpaired) electrons. The highest BCUT2D eigenvalue weighted by atomic mass is 32.2. The zero-order chi connectivity index (χ0) is 9.90. The quantitative estimate of drug-likeness (QED) is 0.738. The molecule has 0 aromatic carbocycles. The summed E-state index contributed by atoms with van der Waals surface area (Å²) in [7, 11) is 0. The van der Waals surface area contributed by atoms with E-state index in [0.717, 1.165) is 0 Å². The topological polar surface area (TPSA) is 58.0 Å². The molecule has 1 aromatic rings. The molecule has 5 heteroatoms. The fourth-order valence-electron chi connectivity index (χ4n) is 1.20. The Morgan fingerprint density at radius 1 is 1.77 bits per heavy atom. The van der Waals surface area contributed by atoms with E-state index in [1.165, 1.54) is 4.57 Å². The Hall–Kier alpha value is -0.680. The highest BCUT2D eigenvalue weighted by molar-refractivity contribution is 7.98. The summed E-state index contributed by atoms with van der Waals surface area (Å²) in [5.74, 6) is 0.616.